The summed E-state index contributed by atoms with van der Waals surface area (Å²) in [7, 11) is 0. The van der Waals surface area contributed by atoms with Crippen LogP contribution in [0, 0.1) is 0 Å². The van der Waals surface area contributed by atoms with Gasteiger partial charge in [0.2, 0.25) is 5.78 Å². The van der Waals surface area contributed by atoms with Gasteiger partial charge in [-0.1, -0.05) is 72.8 Å². The zero-order chi connectivity index (χ0) is 16.5. The molecule has 0 fully saturated rings. The van der Waals surface area contributed by atoms with E-state index in [1.165, 1.54) is 0 Å². The minimum atomic E-state index is -1.52. The van der Waals surface area contributed by atoms with E-state index in [-0.39, 0.29) is 19.0 Å². The van der Waals surface area contributed by atoms with Crippen molar-refractivity contribution in [3.8, 4) is 0 Å². The van der Waals surface area contributed by atoms with E-state index < -0.39 is 5.79 Å². The van der Waals surface area contributed by atoms with Gasteiger partial charge in [0.25, 0.3) is 5.79 Å². The van der Waals surface area contributed by atoms with E-state index in [2.05, 4.69) is 13.2 Å². The Labute approximate surface area is 136 Å². The van der Waals surface area contributed by atoms with Crippen LogP contribution in [0.2, 0.25) is 0 Å². The molecule has 0 aliphatic rings. The van der Waals surface area contributed by atoms with Crippen molar-refractivity contribution < 1.29 is 14.3 Å². The molecule has 3 heteroatoms. The van der Waals surface area contributed by atoms with Crippen molar-refractivity contribution in [1.29, 1.82) is 0 Å². The first-order valence-electron chi connectivity index (χ1n) is 7.39. The minimum absolute atomic E-state index is 0.185. The molecule has 0 aromatic heterocycles. The Hall–Kier alpha value is -2.49. The lowest BCUT2D eigenvalue weighted by Crippen LogP contribution is -2.42. The van der Waals surface area contributed by atoms with Gasteiger partial charge >= 0.3 is 0 Å². The second kappa shape index (κ2) is 8.22. The summed E-state index contributed by atoms with van der Waals surface area (Å²) < 4.78 is 11.7. The van der Waals surface area contributed by atoms with Crippen molar-refractivity contribution in [2.75, 3.05) is 13.2 Å². The van der Waals surface area contributed by atoms with Crippen LogP contribution in [0.5, 0.6) is 0 Å². The van der Waals surface area contributed by atoms with Crippen molar-refractivity contribution in [2.45, 2.75) is 5.79 Å². The van der Waals surface area contributed by atoms with Gasteiger partial charge < -0.3 is 9.47 Å². The number of Topliss-reactive ketones (excluding diaryl/α,β-unsaturated/α-hetero) is 1. The SMILES string of the molecule is C=CCOC(OCC=C)(C(=O)c1ccccc1)c1ccccc1. The fourth-order valence-corrected chi connectivity index (χ4v) is 2.26. The molecule has 0 aliphatic heterocycles. The fraction of sp³-hybridized carbons (Fsp3) is 0.150. The van der Waals surface area contributed by atoms with E-state index in [0.29, 0.717) is 11.1 Å². The van der Waals surface area contributed by atoms with Crippen LogP contribution in [0.25, 0.3) is 0 Å². The van der Waals surface area contributed by atoms with Gasteiger partial charge in [0.05, 0.1) is 13.2 Å². The molecule has 0 radical (unpaired) electrons. The van der Waals surface area contributed by atoms with Gasteiger partial charge in [-0.05, 0) is 0 Å². The highest BCUT2D eigenvalue weighted by Gasteiger charge is 2.43. The van der Waals surface area contributed by atoms with Gasteiger partial charge in [0, 0.05) is 11.1 Å². The number of ether oxygens (including phenoxy) is 2. The summed E-state index contributed by atoms with van der Waals surface area (Å²) in [6, 6.07) is 18.2. The van der Waals surface area contributed by atoms with E-state index in [1.54, 1.807) is 24.3 Å². The van der Waals surface area contributed by atoms with Crippen LogP contribution in [-0.2, 0) is 15.3 Å². The summed E-state index contributed by atoms with van der Waals surface area (Å²) in [6.45, 7) is 7.69. The van der Waals surface area contributed by atoms with Crippen molar-refractivity contribution >= 4 is 5.78 Å². The Morgan fingerprint density at radius 2 is 1.35 bits per heavy atom. The van der Waals surface area contributed by atoms with Gasteiger partial charge in [-0.15, -0.1) is 13.2 Å². The molecular formula is C20H20O3. The molecule has 0 bridgehead atoms. The third-order valence-corrected chi connectivity index (χ3v) is 3.30. The molecule has 2 aromatic carbocycles. The third kappa shape index (κ3) is 3.83. The quantitative estimate of drug-likeness (QED) is 0.397. The molecule has 0 aliphatic carbocycles. The van der Waals surface area contributed by atoms with E-state index in [1.807, 2.05) is 48.5 Å². The summed E-state index contributed by atoms with van der Waals surface area (Å²) >= 11 is 0. The van der Waals surface area contributed by atoms with Crippen LogP contribution >= 0.6 is 0 Å². The second-order valence-electron chi connectivity index (χ2n) is 4.88. The van der Waals surface area contributed by atoms with E-state index in [9.17, 15) is 4.79 Å². The molecule has 0 heterocycles. The standard InChI is InChI=1S/C20H20O3/c1-3-15-22-20(23-16-4-2,18-13-9-6-10-14-18)19(21)17-11-7-5-8-12-17/h3-14H,1-2,15-16H2. The predicted molar refractivity (Wildman–Crippen MR) is 91.2 cm³/mol. The molecule has 0 saturated heterocycles. The number of carbonyl (C=O) groups is 1. The van der Waals surface area contributed by atoms with Crippen LogP contribution in [0.1, 0.15) is 15.9 Å². The zero-order valence-electron chi connectivity index (χ0n) is 13.0. The molecule has 0 amide bonds. The predicted octanol–water partition coefficient (Wildman–Crippen LogP) is 4.13. The van der Waals surface area contributed by atoms with Crippen LogP contribution < -0.4 is 0 Å². The molecule has 0 saturated carbocycles. The molecular weight excluding hydrogens is 288 g/mol. The van der Waals surface area contributed by atoms with E-state index >= 15 is 0 Å². The maximum absolute atomic E-state index is 13.2. The summed E-state index contributed by atoms with van der Waals surface area (Å²) in [6.07, 6.45) is 3.18. The number of ketones is 1. The first kappa shape index (κ1) is 16.9. The highest BCUT2D eigenvalue weighted by molar-refractivity contribution is 6.02. The Morgan fingerprint density at radius 1 is 0.870 bits per heavy atom. The van der Waals surface area contributed by atoms with Crippen LogP contribution in [-0.4, -0.2) is 19.0 Å². The van der Waals surface area contributed by atoms with Crippen LogP contribution in [0.3, 0.4) is 0 Å². The van der Waals surface area contributed by atoms with E-state index in [4.69, 9.17) is 9.47 Å². The molecule has 0 atom stereocenters. The number of carbonyl (C=O) groups excluding carboxylic acids is 1. The molecule has 118 valence electrons. The average Bonchev–Trinajstić information content (AvgIpc) is 2.63. The maximum atomic E-state index is 13.2. The van der Waals surface area contributed by atoms with Crippen molar-refractivity contribution in [3.05, 3.63) is 97.1 Å². The number of hydrogen-bond donors (Lipinski definition) is 0. The van der Waals surface area contributed by atoms with Gasteiger partial charge in [-0.2, -0.15) is 0 Å². The topological polar surface area (TPSA) is 35.5 Å². The lowest BCUT2D eigenvalue weighted by atomic mass is 9.95. The summed E-state index contributed by atoms with van der Waals surface area (Å²) in [5.74, 6) is -1.78. The van der Waals surface area contributed by atoms with Gasteiger partial charge in [-0.25, -0.2) is 0 Å². The fourth-order valence-electron chi connectivity index (χ4n) is 2.26. The first-order valence-corrected chi connectivity index (χ1v) is 7.39. The molecule has 2 rings (SSSR count). The van der Waals surface area contributed by atoms with Crippen molar-refractivity contribution in [2.24, 2.45) is 0 Å². The Morgan fingerprint density at radius 3 is 1.83 bits per heavy atom. The van der Waals surface area contributed by atoms with Gasteiger partial charge in [0.1, 0.15) is 0 Å². The summed E-state index contributed by atoms with van der Waals surface area (Å²) in [4.78, 5) is 13.2. The van der Waals surface area contributed by atoms with Gasteiger partial charge in [0.15, 0.2) is 0 Å². The normalized spacial score (nSPS) is 11.0. The Kier molecular flexibility index (Phi) is 6.03. The lowest BCUT2D eigenvalue weighted by molar-refractivity contribution is -0.197. The maximum Gasteiger partial charge on any atom is 0.261 e. The summed E-state index contributed by atoms with van der Waals surface area (Å²) in [5.41, 5.74) is 1.15. The largest absolute Gasteiger partial charge is 0.335 e. The lowest BCUT2D eigenvalue weighted by Gasteiger charge is -2.32. The first-order chi connectivity index (χ1) is 11.2. The summed E-state index contributed by atoms with van der Waals surface area (Å²) in [5, 5.41) is 0. The second-order valence-corrected chi connectivity index (χ2v) is 4.88. The van der Waals surface area contributed by atoms with E-state index in [0.717, 1.165) is 0 Å². The minimum Gasteiger partial charge on any atom is -0.335 e. The molecule has 3 nitrogen and oxygen atoms in total. The van der Waals surface area contributed by atoms with Crippen LogP contribution in [0.4, 0.5) is 0 Å². The molecule has 2 aromatic rings. The van der Waals surface area contributed by atoms with Gasteiger partial charge in [-0.3, -0.25) is 4.79 Å². The Balaban J connectivity index is 2.52. The average molecular weight is 308 g/mol. The smallest absolute Gasteiger partial charge is 0.261 e. The van der Waals surface area contributed by atoms with Crippen molar-refractivity contribution in [3.63, 3.8) is 0 Å². The number of benzene rings is 2. The zero-order valence-corrected chi connectivity index (χ0v) is 13.0. The monoisotopic (exact) mass is 308 g/mol. The van der Waals surface area contributed by atoms with Crippen molar-refractivity contribution in [1.82, 2.24) is 0 Å². The Bertz CT molecular complexity index is 635. The number of rotatable bonds is 9. The highest BCUT2D eigenvalue weighted by atomic mass is 16.7. The van der Waals surface area contributed by atoms with Crippen LogP contribution in [0.15, 0.2) is 86.0 Å². The number of hydrogen-bond acceptors (Lipinski definition) is 3. The third-order valence-electron chi connectivity index (χ3n) is 3.30. The molecule has 0 N–H and O–H groups in total. The molecule has 0 spiro atoms. The highest BCUT2D eigenvalue weighted by Crippen LogP contribution is 2.32. The molecule has 0 unspecified atom stereocenters. The molecule has 23 heavy (non-hydrogen) atoms.